The summed E-state index contributed by atoms with van der Waals surface area (Å²) in [5.41, 5.74) is 4.56. The minimum Gasteiger partial charge on any atom is -0.494 e. The van der Waals surface area contributed by atoms with Gasteiger partial charge in [-0.25, -0.2) is 0 Å². The van der Waals surface area contributed by atoms with Crippen LogP contribution in [0, 0.1) is 0 Å². The predicted octanol–water partition coefficient (Wildman–Crippen LogP) is 6.81. The van der Waals surface area contributed by atoms with E-state index >= 15 is 0 Å². The number of nitrogens with zero attached hydrogens (tertiary/aromatic N) is 1. The average molecular weight is 517 g/mol. The van der Waals surface area contributed by atoms with E-state index < -0.39 is 0 Å². The summed E-state index contributed by atoms with van der Waals surface area (Å²) in [6.45, 7) is 3.30. The molecule has 0 saturated heterocycles. The molecule has 2 N–H and O–H groups in total. The van der Waals surface area contributed by atoms with Gasteiger partial charge in [0.1, 0.15) is 17.2 Å². The highest BCUT2D eigenvalue weighted by molar-refractivity contribution is 7.13. The van der Waals surface area contributed by atoms with Crippen LogP contribution >= 0.6 is 11.3 Å². The van der Waals surface area contributed by atoms with Crippen LogP contribution in [0.3, 0.4) is 0 Å². The first-order valence-corrected chi connectivity index (χ1v) is 13.2. The molecule has 37 heavy (non-hydrogen) atoms. The Kier molecular flexibility index (Phi) is 7.56. The van der Waals surface area contributed by atoms with Gasteiger partial charge >= 0.3 is 4.87 Å². The van der Waals surface area contributed by atoms with Crippen molar-refractivity contribution in [1.29, 1.82) is 0 Å². The molecule has 7 nitrogen and oxygen atoms in total. The quantitative estimate of drug-likeness (QED) is 0.187. The zero-order valence-electron chi connectivity index (χ0n) is 20.5. The molecule has 2 heterocycles. The summed E-state index contributed by atoms with van der Waals surface area (Å²) in [4.78, 5) is 14.1. The van der Waals surface area contributed by atoms with Crippen LogP contribution in [0.15, 0.2) is 76.0 Å². The Morgan fingerprint density at radius 1 is 0.973 bits per heavy atom. The summed E-state index contributed by atoms with van der Waals surface area (Å²) in [5.74, 6) is 1.48. The summed E-state index contributed by atoms with van der Waals surface area (Å²) in [5, 5.41) is 15.2. The number of hydrogen-bond acceptors (Lipinski definition) is 7. The van der Waals surface area contributed by atoms with Gasteiger partial charge in [0, 0.05) is 16.5 Å². The van der Waals surface area contributed by atoms with Crippen molar-refractivity contribution >= 4 is 22.3 Å². The number of fused-ring (bicyclic) bond motifs is 1. The predicted molar refractivity (Wildman–Crippen MR) is 146 cm³/mol. The molecule has 0 fully saturated rings. The molecule has 2 aromatic heterocycles. The average Bonchev–Trinajstić information content (AvgIpc) is 3.49. The van der Waals surface area contributed by atoms with Gasteiger partial charge in [0.2, 0.25) is 5.88 Å². The molecule has 0 saturated carbocycles. The number of aromatic hydroxyl groups is 1. The smallest absolute Gasteiger partial charge is 0.307 e. The van der Waals surface area contributed by atoms with Crippen LogP contribution < -0.4 is 14.3 Å². The summed E-state index contributed by atoms with van der Waals surface area (Å²) in [6, 6.07) is 21.5. The van der Waals surface area contributed by atoms with E-state index in [0.717, 1.165) is 76.1 Å². The number of rotatable bonds is 11. The number of benzene rings is 3. The molecule has 0 bridgehead atoms. The highest BCUT2D eigenvalue weighted by atomic mass is 32.1. The molecule has 0 aliphatic rings. The Morgan fingerprint density at radius 3 is 2.62 bits per heavy atom. The Hall–Kier alpha value is -4.04. The second-order valence-corrected chi connectivity index (χ2v) is 9.71. The molecular weight excluding hydrogens is 488 g/mol. The van der Waals surface area contributed by atoms with Crippen molar-refractivity contribution in [3.8, 4) is 39.1 Å². The van der Waals surface area contributed by atoms with E-state index in [4.69, 9.17) is 14.0 Å². The van der Waals surface area contributed by atoms with Crippen molar-refractivity contribution in [2.24, 2.45) is 0 Å². The molecule has 0 spiro atoms. The van der Waals surface area contributed by atoms with Gasteiger partial charge in [0.05, 0.1) is 18.1 Å². The van der Waals surface area contributed by atoms with E-state index in [-0.39, 0.29) is 10.8 Å². The molecule has 0 unspecified atom stereocenters. The molecule has 0 atom stereocenters. The third-order valence-corrected chi connectivity index (χ3v) is 6.94. The lowest BCUT2D eigenvalue weighted by Crippen LogP contribution is -2.04. The zero-order valence-corrected chi connectivity index (χ0v) is 21.3. The lowest BCUT2D eigenvalue weighted by molar-refractivity contribution is 0.265. The highest BCUT2D eigenvalue weighted by Crippen LogP contribution is 2.33. The number of aromatic amines is 1. The molecule has 0 aliphatic carbocycles. The van der Waals surface area contributed by atoms with Gasteiger partial charge in [-0.3, -0.25) is 9.78 Å². The molecular formula is C29H28N2O5S. The van der Waals surface area contributed by atoms with Crippen LogP contribution in [0.5, 0.6) is 17.4 Å². The summed E-state index contributed by atoms with van der Waals surface area (Å²) >= 11 is 0.973. The van der Waals surface area contributed by atoms with E-state index in [2.05, 4.69) is 23.1 Å². The maximum absolute atomic E-state index is 11.5. The minimum atomic E-state index is -0.290. The van der Waals surface area contributed by atoms with Crippen LogP contribution in [-0.2, 0) is 6.42 Å². The van der Waals surface area contributed by atoms with E-state index in [1.807, 2.05) is 60.7 Å². The number of hydrogen-bond donors (Lipinski definition) is 2. The SMILES string of the molecule is CCCc1cc(-c2noc3ccccc23)ccc1OCCCCOc1cccc(-c2sc(=O)[nH]c2O)c1. The maximum Gasteiger partial charge on any atom is 0.307 e. The molecule has 5 aromatic rings. The molecule has 0 aliphatic heterocycles. The van der Waals surface area contributed by atoms with Crippen LogP contribution in [0.25, 0.3) is 32.7 Å². The Labute approximate surface area is 218 Å². The first-order valence-electron chi connectivity index (χ1n) is 12.4. The van der Waals surface area contributed by atoms with Gasteiger partial charge in [-0.15, -0.1) is 0 Å². The van der Waals surface area contributed by atoms with E-state index in [1.54, 1.807) is 0 Å². The first-order chi connectivity index (χ1) is 18.1. The fourth-order valence-corrected chi connectivity index (χ4v) is 4.97. The van der Waals surface area contributed by atoms with Crippen molar-refractivity contribution in [1.82, 2.24) is 10.1 Å². The number of aryl methyl sites for hydroxylation is 1. The molecule has 0 radical (unpaired) electrons. The van der Waals surface area contributed by atoms with E-state index in [1.165, 1.54) is 0 Å². The number of para-hydroxylation sites is 1. The molecule has 190 valence electrons. The number of aromatic nitrogens is 2. The lowest BCUT2D eigenvalue weighted by Gasteiger charge is -2.13. The van der Waals surface area contributed by atoms with Crippen molar-refractivity contribution < 1.29 is 19.1 Å². The number of nitrogens with one attached hydrogen (secondary N) is 1. The standard InChI is InChI=1S/C29H28N2O5S/c1-2-8-19-17-20(26-23-11-3-4-12-25(23)36-31-26)13-14-24(19)35-16-6-5-15-34-22-10-7-9-21(18-22)27-28(32)30-29(33)37-27/h3-4,7,9-14,17-18,32H,2,5-6,8,15-16H2,1H3,(H,30,33). The summed E-state index contributed by atoms with van der Waals surface area (Å²) in [7, 11) is 0. The van der Waals surface area contributed by atoms with Gasteiger partial charge in [0.15, 0.2) is 5.58 Å². The first kappa shape index (κ1) is 24.6. The van der Waals surface area contributed by atoms with Gasteiger partial charge in [-0.2, -0.15) is 0 Å². The van der Waals surface area contributed by atoms with Gasteiger partial charge in [-0.05, 0) is 67.3 Å². The van der Waals surface area contributed by atoms with E-state index in [9.17, 15) is 9.90 Å². The van der Waals surface area contributed by atoms with Crippen molar-refractivity contribution in [2.75, 3.05) is 13.2 Å². The minimum absolute atomic E-state index is 0.117. The van der Waals surface area contributed by atoms with Gasteiger partial charge in [-0.1, -0.05) is 54.1 Å². The Bertz CT molecular complexity index is 1550. The van der Waals surface area contributed by atoms with Gasteiger partial charge < -0.3 is 19.1 Å². The zero-order chi connectivity index (χ0) is 25.6. The number of thiazole rings is 1. The highest BCUT2D eigenvalue weighted by Gasteiger charge is 2.13. The molecule has 3 aromatic carbocycles. The molecule has 5 rings (SSSR count). The Morgan fingerprint density at radius 2 is 1.81 bits per heavy atom. The lowest BCUT2D eigenvalue weighted by atomic mass is 10.0. The number of ether oxygens (including phenoxy) is 2. The van der Waals surface area contributed by atoms with Crippen LogP contribution in [0.1, 0.15) is 31.7 Å². The fourth-order valence-electron chi connectivity index (χ4n) is 4.25. The Balaban J connectivity index is 1.15. The molecule has 8 heteroatoms. The van der Waals surface area contributed by atoms with Crippen LogP contribution in [0.2, 0.25) is 0 Å². The van der Waals surface area contributed by atoms with Crippen molar-refractivity contribution in [2.45, 2.75) is 32.6 Å². The van der Waals surface area contributed by atoms with Crippen molar-refractivity contribution in [3.63, 3.8) is 0 Å². The van der Waals surface area contributed by atoms with Gasteiger partial charge in [0.25, 0.3) is 0 Å². The third kappa shape index (κ3) is 5.70. The van der Waals surface area contributed by atoms with Crippen molar-refractivity contribution in [3.05, 3.63) is 82.0 Å². The number of unbranched alkanes of at least 4 members (excludes halogenated alkanes) is 1. The summed E-state index contributed by atoms with van der Waals surface area (Å²) < 4.78 is 17.5. The second-order valence-electron chi connectivity index (χ2n) is 8.72. The monoisotopic (exact) mass is 516 g/mol. The number of H-pyrrole nitrogens is 1. The van der Waals surface area contributed by atoms with E-state index in [0.29, 0.717) is 23.8 Å². The fraction of sp³-hybridized carbons (Fsp3) is 0.241. The van der Waals surface area contributed by atoms with Crippen LogP contribution in [-0.4, -0.2) is 28.5 Å². The topological polar surface area (TPSA) is 97.6 Å². The molecule has 0 amide bonds. The third-order valence-electron chi connectivity index (χ3n) is 6.02. The largest absolute Gasteiger partial charge is 0.494 e. The van der Waals surface area contributed by atoms with Crippen LogP contribution in [0.4, 0.5) is 0 Å². The maximum atomic E-state index is 11.5. The second kappa shape index (κ2) is 11.3. The summed E-state index contributed by atoms with van der Waals surface area (Å²) in [6.07, 6.45) is 3.62. The normalized spacial score (nSPS) is 11.2.